The average Bonchev–Trinajstić information content (AvgIpc) is 3.06. The summed E-state index contributed by atoms with van der Waals surface area (Å²) in [4.78, 5) is 19.1. The summed E-state index contributed by atoms with van der Waals surface area (Å²) in [7, 11) is 0. The van der Waals surface area contributed by atoms with E-state index in [1.54, 1.807) is 0 Å². The second kappa shape index (κ2) is 7.60. The molecule has 1 aliphatic rings. The highest BCUT2D eigenvalue weighted by molar-refractivity contribution is 5.79. The lowest BCUT2D eigenvalue weighted by Gasteiger charge is -2.29. The van der Waals surface area contributed by atoms with Crippen molar-refractivity contribution in [2.45, 2.75) is 52.5 Å². The van der Waals surface area contributed by atoms with Crippen LogP contribution < -0.4 is 0 Å². The Morgan fingerprint density at radius 1 is 1.29 bits per heavy atom. The van der Waals surface area contributed by atoms with Crippen LogP contribution in [-0.2, 0) is 30.6 Å². The van der Waals surface area contributed by atoms with Crippen LogP contribution in [0.15, 0.2) is 28.8 Å². The van der Waals surface area contributed by atoms with Crippen LogP contribution in [0.4, 0.5) is 0 Å². The minimum atomic E-state index is 0.0573. The van der Waals surface area contributed by atoms with E-state index in [0.717, 1.165) is 32.1 Å². The number of hydrogen-bond donors (Lipinski definition) is 0. The molecule has 0 N–H and O–H groups in total. The van der Waals surface area contributed by atoms with Crippen LogP contribution in [0.25, 0.3) is 0 Å². The zero-order valence-electron chi connectivity index (χ0n) is 14.5. The van der Waals surface area contributed by atoms with E-state index in [4.69, 9.17) is 4.52 Å². The van der Waals surface area contributed by atoms with Crippen LogP contribution in [0.3, 0.4) is 0 Å². The lowest BCUT2D eigenvalue weighted by Crippen LogP contribution is -2.38. The molecule has 0 unspecified atom stereocenters. The first-order chi connectivity index (χ1) is 11.7. The molecule has 5 heteroatoms. The summed E-state index contributed by atoms with van der Waals surface area (Å²) < 4.78 is 5.22. The maximum Gasteiger partial charge on any atom is 0.226 e. The molecule has 1 amide bonds. The molecule has 0 radical (unpaired) electrons. The Kier molecular flexibility index (Phi) is 5.28. The zero-order chi connectivity index (χ0) is 16.9. The summed E-state index contributed by atoms with van der Waals surface area (Å²) >= 11 is 0. The van der Waals surface area contributed by atoms with Crippen LogP contribution in [0.2, 0.25) is 0 Å². The minimum absolute atomic E-state index is 0.0573. The van der Waals surface area contributed by atoms with E-state index in [2.05, 4.69) is 41.3 Å². The van der Waals surface area contributed by atoms with Gasteiger partial charge in [0.05, 0.1) is 6.54 Å². The van der Waals surface area contributed by atoms with Gasteiger partial charge in [-0.05, 0) is 43.7 Å². The topological polar surface area (TPSA) is 59.2 Å². The van der Waals surface area contributed by atoms with Gasteiger partial charge in [-0.3, -0.25) is 4.79 Å². The molecule has 24 heavy (non-hydrogen) atoms. The van der Waals surface area contributed by atoms with E-state index in [0.29, 0.717) is 24.8 Å². The van der Waals surface area contributed by atoms with Gasteiger partial charge in [0.15, 0.2) is 5.82 Å². The third-order valence-electron chi connectivity index (χ3n) is 4.70. The van der Waals surface area contributed by atoms with Crippen molar-refractivity contribution in [1.82, 2.24) is 15.0 Å². The summed E-state index contributed by atoms with van der Waals surface area (Å²) in [6.45, 7) is 5.17. The van der Waals surface area contributed by atoms with Crippen molar-refractivity contribution in [3.8, 4) is 0 Å². The molecule has 0 fully saturated rings. The fraction of sp³-hybridized carbons (Fsp3) is 0.526. The highest BCUT2D eigenvalue weighted by atomic mass is 16.5. The van der Waals surface area contributed by atoms with Crippen molar-refractivity contribution in [2.24, 2.45) is 5.92 Å². The molecule has 1 heterocycles. The average molecular weight is 327 g/mol. The van der Waals surface area contributed by atoms with Gasteiger partial charge in [-0.15, -0.1) is 0 Å². The number of aromatic nitrogens is 2. The van der Waals surface area contributed by atoms with E-state index in [1.807, 2.05) is 11.8 Å². The molecule has 0 saturated carbocycles. The smallest absolute Gasteiger partial charge is 0.226 e. The van der Waals surface area contributed by atoms with E-state index in [9.17, 15) is 4.79 Å². The van der Waals surface area contributed by atoms with Crippen molar-refractivity contribution in [1.29, 1.82) is 0 Å². The molecule has 1 aromatic heterocycles. The normalized spacial score (nSPS) is 16.7. The molecule has 0 bridgehead atoms. The second-order valence-corrected chi connectivity index (χ2v) is 6.42. The molecule has 0 spiro atoms. The van der Waals surface area contributed by atoms with Crippen molar-refractivity contribution < 1.29 is 9.32 Å². The number of nitrogens with zero attached hydrogens (tertiary/aromatic N) is 3. The lowest BCUT2D eigenvalue weighted by molar-refractivity contribution is -0.136. The molecule has 128 valence electrons. The SMILES string of the molecule is CCCc1nc(CN(CC)C(=O)[C@H]2CCc3ccccc3C2)no1. The largest absolute Gasteiger partial charge is 0.339 e. The van der Waals surface area contributed by atoms with Crippen LogP contribution in [0.5, 0.6) is 0 Å². The fourth-order valence-corrected chi connectivity index (χ4v) is 3.35. The summed E-state index contributed by atoms with van der Waals surface area (Å²) in [5.41, 5.74) is 2.69. The zero-order valence-corrected chi connectivity index (χ0v) is 14.5. The van der Waals surface area contributed by atoms with Gasteiger partial charge >= 0.3 is 0 Å². The van der Waals surface area contributed by atoms with E-state index in [-0.39, 0.29) is 11.8 Å². The Morgan fingerprint density at radius 3 is 2.83 bits per heavy atom. The Labute approximate surface area is 143 Å². The van der Waals surface area contributed by atoms with Crippen LogP contribution in [-0.4, -0.2) is 27.5 Å². The third-order valence-corrected chi connectivity index (χ3v) is 4.70. The van der Waals surface area contributed by atoms with Crippen LogP contribution in [0.1, 0.15) is 49.5 Å². The van der Waals surface area contributed by atoms with Crippen LogP contribution >= 0.6 is 0 Å². The van der Waals surface area contributed by atoms with E-state index >= 15 is 0 Å². The van der Waals surface area contributed by atoms with Gasteiger partial charge in [0.2, 0.25) is 11.8 Å². The van der Waals surface area contributed by atoms with E-state index < -0.39 is 0 Å². The Balaban J connectivity index is 1.66. The number of hydrogen-bond acceptors (Lipinski definition) is 4. The van der Waals surface area contributed by atoms with Gasteiger partial charge in [-0.25, -0.2) is 0 Å². The first-order valence-electron chi connectivity index (χ1n) is 8.88. The van der Waals surface area contributed by atoms with Gasteiger partial charge in [0, 0.05) is 18.9 Å². The predicted octanol–water partition coefficient (Wildman–Crippen LogP) is 3.18. The van der Waals surface area contributed by atoms with Crippen molar-refractivity contribution in [3.05, 3.63) is 47.1 Å². The summed E-state index contributed by atoms with van der Waals surface area (Å²) in [5.74, 6) is 1.52. The molecule has 0 aliphatic heterocycles. The quantitative estimate of drug-likeness (QED) is 0.817. The van der Waals surface area contributed by atoms with Gasteiger partial charge < -0.3 is 9.42 Å². The molecule has 1 atom stereocenters. The maximum absolute atomic E-state index is 12.9. The van der Waals surface area contributed by atoms with Gasteiger partial charge in [-0.2, -0.15) is 4.98 Å². The number of benzene rings is 1. The van der Waals surface area contributed by atoms with Gasteiger partial charge in [-0.1, -0.05) is 36.3 Å². The molecular formula is C19H25N3O2. The number of amides is 1. The Bertz CT molecular complexity index is 695. The first kappa shape index (κ1) is 16.7. The monoisotopic (exact) mass is 327 g/mol. The van der Waals surface area contributed by atoms with Crippen LogP contribution in [0, 0.1) is 5.92 Å². The van der Waals surface area contributed by atoms with Gasteiger partial charge in [0.25, 0.3) is 0 Å². The summed E-state index contributed by atoms with van der Waals surface area (Å²) in [6, 6.07) is 8.44. The van der Waals surface area contributed by atoms with Crippen molar-refractivity contribution >= 4 is 5.91 Å². The van der Waals surface area contributed by atoms with E-state index in [1.165, 1.54) is 11.1 Å². The molecule has 2 aromatic rings. The molecule has 0 saturated heterocycles. The Hall–Kier alpha value is -2.17. The molecular weight excluding hydrogens is 302 g/mol. The number of carbonyl (C=O) groups is 1. The fourth-order valence-electron chi connectivity index (χ4n) is 3.35. The Morgan fingerprint density at radius 2 is 2.08 bits per heavy atom. The first-order valence-corrected chi connectivity index (χ1v) is 8.88. The number of carbonyl (C=O) groups excluding carboxylic acids is 1. The van der Waals surface area contributed by atoms with Gasteiger partial charge in [0.1, 0.15) is 0 Å². The third kappa shape index (κ3) is 3.66. The van der Waals surface area contributed by atoms with Crippen molar-refractivity contribution in [2.75, 3.05) is 6.54 Å². The number of fused-ring (bicyclic) bond motifs is 1. The highest BCUT2D eigenvalue weighted by Crippen LogP contribution is 2.27. The number of aryl methyl sites for hydroxylation is 2. The predicted molar refractivity (Wildman–Crippen MR) is 91.3 cm³/mol. The summed E-state index contributed by atoms with van der Waals surface area (Å²) in [6.07, 6.45) is 4.48. The lowest BCUT2D eigenvalue weighted by atomic mass is 9.83. The maximum atomic E-state index is 12.9. The standard InChI is InChI=1S/C19H25N3O2/c1-3-7-18-20-17(21-24-18)13-22(4-2)19(23)16-11-10-14-8-5-6-9-15(14)12-16/h5-6,8-9,16H,3-4,7,10-13H2,1-2H3/t16-/m0/s1. The molecule has 5 nitrogen and oxygen atoms in total. The number of rotatable bonds is 6. The molecule has 1 aromatic carbocycles. The molecule has 3 rings (SSSR count). The highest BCUT2D eigenvalue weighted by Gasteiger charge is 2.28. The molecule has 1 aliphatic carbocycles. The minimum Gasteiger partial charge on any atom is -0.339 e. The van der Waals surface area contributed by atoms with Crippen molar-refractivity contribution in [3.63, 3.8) is 0 Å². The summed E-state index contributed by atoms with van der Waals surface area (Å²) in [5, 5.41) is 4.01. The second-order valence-electron chi connectivity index (χ2n) is 6.42.